The number of ketones is 1. The molecule has 4 atom stereocenters. The Balaban J connectivity index is 2.52. The number of carbonyl (C=O) groups excluding carboxylic acids is 1. The Hall–Kier alpha value is -1.72. The molecule has 25 heavy (non-hydrogen) atoms. The first-order valence-corrected chi connectivity index (χ1v) is 9.04. The van der Waals surface area contributed by atoms with Gasteiger partial charge < -0.3 is 15.3 Å². The van der Waals surface area contributed by atoms with E-state index in [0.717, 1.165) is 6.42 Å². The third-order valence-electron chi connectivity index (χ3n) is 4.39. The lowest BCUT2D eigenvalue weighted by atomic mass is 9.90. The van der Waals surface area contributed by atoms with Crippen LogP contribution in [0.5, 0.6) is 0 Å². The maximum atomic E-state index is 12.1. The van der Waals surface area contributed by atoms with E-state index < -0.39 is 18.2 Å². The summed E-state index contributed by atoms with van der Waals surface area (Å²) >= 11 is 0. The molecule has 1 rings (SSSR count). The molecule has 1 saturated carbocycles. The van der Waals surface area contributed by atoms with Crippen molar-refractivity contribution in [3.8, 4) is 0 Å². The van der Waals surface area contributed by atoms with Gasteiger partial charge in [-0.05, 0) is 32.1 Å². The zero-order valence-electron chi connectivity index (χ0n) is 14.9. The lowest BCUT2D eigenvalue weighted by Gasteiger charge is -2.17. The summed E-state index contributed by atoms with van der Waals surface area (Å²) in [5.41, 5.74) is 0. The third-order valence-corrected chi connectivity index (χ3v) is 4.39. The van der Waals surface area contributed by atoms with Gasteiger partial charge >= 0.3 is 5.97 Å². The molecule has 5 nitrogen and oxygen atoms in total. The van der Waals surface area contributed by atoms with Crippen molar-refractivity contribution in [1.29, 1.82) is 0 Å². The molecule has 140 valence electrons. The van der Waals surface area contributed by atoms with Crippen molar-refractivity contribution in [3.05, 3.63) is 36.5 Å². The van der Waals surface area contributed by atoms with Crippen LogP contribution in [0.2, 0.25) is 0 Å². The highest BCUT2D eigenvalue weighted by molar-refractivity contribution is 5.86. The largest absolute Gasteiger partial charge is 0.481 e. The molecule has 3 N–H and O–H groups in total. The number of aliphatic carboxylic acids is 1. The fraction of sp³-hybridized carbons (Fsp3) is 0.600. The van der Waals surface area contributed by atoms with Crippen molar-refractivity contribution in [1.82, 2.24) is 0 Å². The molecule has 0 aromatic heterocycles. The van der Waals surface area contributed by atoms with Crippen molar-refractivity contribution >= 4 is 11.8 Å². The number of aliphatic hydroxyl groups is 2. The Kier molecular flexibility index (Phi) is 10.0. The average Bonchev–Trinajstić information content (AvgIpc) is 2.82. The van der Waals surface area contributed by atoms with Crippen LogP contribution in [0, 0.1) is 11.8 Å². The van der Waals surface area contributed by atoms with Crippen LogP contribution in [-0.4, -0.2) is 39.3 Å². The predicted octanol–water partition coefficient (Wildman–Crippen LogP) is 3.03. The number of carbonyl (C=O) groups is 2. The number of carboxylic acids is 1. The second-order valence-electron chi connectivity index (χ2n) is 6.49. The van der Waals surface area contributed by atoms with Crippen LogP contribution in [0.15, 0.2) is 36.5 Å². The van der Waals surface area contributed by atoms with Crippen LogP contribution in [-0.2, 0) is 9.59 Å². The first-order chi connectivity index (χ1) is 12.0. The molecule has 0 aromatic rings. The zero-order chi connectivity index (χ0) is 18.7. The van der Waals surface area contributed by atoms with E-state index in [0.29, 0.717) is 25.7 Å². The molecule has 0 unspecified atom stereocenters. The van der Waals surface area contributed by atoms with Crippen molar-refractivity contribution in [2.24, 2.45) is 11.8 Å². The second kappa shape index (κ2) is 11.8. The number of rotatable bonds is 11. The number of Topliss-reactive ketones (excluding diaryl/α,β-unsaturated/α-hetero) is 1. The highest BCUT2D eigenvalue weighted by Crippen LogP contribution is 2.33. The lowest BCUT2D eigenvalue weighted by Crippen LogP contribution is -2.19. The van der Waals surface area contributed by atoms with Gasteiger partial charge in [0.1, 0.15) is 5.78 Å². The Morgan fingerprint density at radius 1 is 1.28 bits per heavy atom. The van der Waals surface area contributed by atoms with Crippen molar-refractivity contribution in [2.75, 3.05) is 0 Å². The van der Waals surface area contributed by atoms with E-state index in [2.05, 4.69) is 0 Å². The summed E-state index contributed by atoms with van der Waals surface area (Å²) in [6.07, 6.45) is 13.4. The van der Waals surface area contributed by atoms with Gasteiger partial charge in [0, 0.05) is 24.7 Å². The number of unbranched alkanes of at least 4 members (excludes halogenated alkanes) is 1. The topological polar surface area (TPSA) is 94.8 Å². The summed E-state index contributed by atoms with van der Waals surface area (Å²) in [5, 5.41) is 28.6. The minimum absolute atomic E-state index is 0.00401. The maximum Gasteiger partial charge on any atom is 0.303 e. The molecule has 0 amide bonds. The normalized spacial score (nSPS) is 25.6. The number of carboxylic acid groups (broad SMARTS) is 1. The number of aliphatic hydroxyl groups excluding tert-OH is 2. The van der Waals surface area contributed by atoms with Crippen LogP contribution in [0.25, 0.3) is 0 Å². The summed E-state index contributed by atoms with van der Waals surface area (Å²) in [5.74, 6) is -1.35. The number of hydrogen-bond acceptors (Lipinski definition) is 4. The molecule has 0 heterocycles. The average molecular weight is 350 g/mol. The zero-order valence-corrected chi connectivity index (χ0v) is 14.9. The van der Waals surface area contributed by atoms with Crippen LogP contribution in [0.4, 0.5) is 0 Å². The van der Waals surface area contributed by atoms with Crippen molar-refractivity contribution < 1.29 is 24.9 Å². The van der Waals surface area contributed by atoms with Crippen molar-refractivity contribution in [3.63, 3.8) is 0 Å². The Morgan fingerprint density at radius 2 is 2.04 bits per heavy atom. The van der Waals surface area contributed by atoms with E-state index in [-0.39, 0.29) is 30.5 Å². The predicted molar refractivity (Wildman–Crippen MR) is 97.0 cm³/mol. The second-order valence-corrected chi connectivity index (χ2v) is 6.49. The molecule has 0 saturated heterocycles. The summed E-state index contributed by atoms with van der Waals surface area (Å²) in [7, 11) is 0. The highest BCUT2D eigenvalue weighted by atomic mass is 16.4. The van der Waals surface area contributed by atoms with Crippen LogP contribution < -0.4 is 0 Å². The fourth-order valence-corrected chi connectivity index (χ4v) is 3.00. The minimum Gasteiger partial charge on any atom is -0.481 e. The molecule has 1 aliphatic carbocycles. The molecule has 1 aliphatic rings. The van der Waals surface area contributed by atoms with E-state index in [1.807, 2.05) is 31.2 Å². The van der Waals surface area contributed by atoms with Gasteiger partial charge in [-0.15, -0.1) is 0 Å². The molecule has 0 radical (unpaired) electrons. The summed E-state index contributed by atoms with van der Waals surface area (Å²) in [6, 6.07) is 0. The smallest absolute Gasteiger partial charge is 0.303 e. The Morgan fingerprint density at radius 3 is 2.72 bits per heavy atom. The third kappa shape index (κ3) is 8.27. The van der Waals surface area contributed by atoms with E-state index in [9.17, 15) is 19.8 Å². The van der Waals surface area contributed by atoms with Crippen molar-refractivity contribution in [2.45, 2.75) is 64.1 Å². The fourth-order valence-electron chi connectivity index (χ4n) is 3.00. The molecule has 0 bridgehead atoms. The Labute approximate surface area is 149 Å². The quantitative estimate of drug-likeness (QED) is 0.393. The van der Waals surface area contributed by atoms with Gasteiger partial charge in [0.2, 0.25) is 0 Å². The van der Waals surface area contributed by atoms with E-state index in [1.54, 1.807) is 12.2 Å². The van der Waals surface area contributed by atoms with Gasteiger partial charge in [0.15, 0.2) is 0 Å². The molecule has 1 fully saturated rings. The minimum atomic E-state index is -0.803. The number of allylic oxidation sites excluding steroid dienone is 4. The first-order valence-electron chi connectivity index (χ1n) is 9.04. The van der Waals surface area contributed by atoms with E-state index in [4.69, 9.17) is 5.11 Å². The molecule has 5 heteroatoms. The Bertz CT molecular complexity index is 506. The standard InChI is InChI=1S/C20H30O5/c1-2-3-6-9-15(21)12-13-17-16(18(22)14-19(17)23)10-7-4-5-8-11-20(24)25/h3-4,6-7,12-13,15-18,21-22H,2,5,8-11,14H2,1H3,(H,24,25)/b6-3-,7-4-,13-12+/t15-,16+,17-,18-/m1/s1. The highest BCUT2D eigenvalue weighted by Gasteiger charge is 2.39. The van der Waals surface area contributed by atoms with E-state index in [1.165, 1.54) is 0 Å². The molecule has 0 spiro atoms. The van der Waals surface area contributed by atoms with Gasteiger partial charge in [0.05, 0.1) is 12.2 Å². The van der Waals surface area contributed by atoms with Gasteiger partial charge in [-0.25, -0.2) is 0 Å². The van der Waals surface area contributed by atoms with Crippen LogP contribution in [0.3, 0.4) is 0 Å². The summed E-state index contributed by atoms with van der Waals surface area (Å²) in [4.78, 5) is 22.5. The monoisotopic (exact) mass is 350 g/mol. The first kappa shape index (κ1) is 21.3. The summed E-state index contributed by atoms with van der Waals surface area (Å²) < 4.78 is 0. The molecular weight excluding hydrogens is 320 g/mol. The van der Waals surface area contributed by atoms with Crippen LogP contribution >= 0.6 is 0 Å². The lowest BCUT2D eigenvalue weighted by molar-refractivity contribution is -0.137. The molecule has 0 aliphatic heterocycles. The van der Waals surface area contributed by atoms with Gasteiger partial charge in [-0.3, -0.25) is 9.59 Å². The number of hydrogen-bond donors (Lipinski definition) is 3. The van der Waals surface area contributed by atoms with Crippen LogP contribution in [0.1, 0.15) is 51.9 Å². The van der Waals surface area contributed by atoms with E-state index >= 15 is 0 Å². The van der Waals surface area contributed by atoms with Gasteiger partial charge in [0.25, 0.3) is 0 Å². The molecular formula is C20H30O5. The maximum absolute atomic E-state index is 12.1. The van der Waals surface area contributed by atoms with Gasteiger partial charge in [-0.1, -0.05) is 43.4 Å². The van der Waals surface area contributed by atoms with Gasteiger partial charge in [-0.2, -0.15) is 0 Å². The summed E-state index contributed by atoms with van der Waals surface area (Å²) in [6.45, 7) is 2.02. The molecule has 0 aromatic carbocycles. The SMILES string of the molecule is CC/C=C\C[C@@H](O)/C=C/[C@H]1C(=O)C[C@@H](O)[C@H]1C/C=C\CCCC(=O)O.